The summed E-state index contributed by atoms with van der Waals surface area (Å²) in [7, 11) is 3.22. The number of nitrogens with one attached hydrogen (secondary N) is 4. The van der Waals surface area contributed by atoms with Gasteiger partial charge in [0.2, 0.25) is 5.95 Å². The van der Waals surface area contributed by atoms with Crippen LogP contribution >= 0.6 is 11.6 Å². The van der Waals surface area contributed by atoms with Gasteiger partial charge in [-0.05, 0) is 37.1 Å². The summed E-state index contributed by atoms with van der Waals surface area (Å²) in [5.74, 6) is 2.02. The second kappa shape index (κ2) is 13.6. The van der Waals surface area contributed by atoms with Crippen molar-refractivity contribution in [1.82, 2.24) is 15.3 Å². The van der Waals surface area contributed by atoms with Gasteiger partial charge in [0.25, 0.3) is 0 Å². The molecule has 1 aliphatic carbocycles. The smallest absolute Gasteiger partial charge is 0.319 e. The fourth-order valence-corrected chi connectivity index (χ4v) is 5.27. The summed E-state index contributed by atoms with van der Waals surface area (Å²) in [6, 6.07) is 11.2. The number of carbonyl (C=O) groups is 1. The zero-order valence-electron chi connectivity index (χ0n) is 23.3. The summed E-state index contributed by atoms with van der Waals surface area (Å²) in [5.41, 5.74) is 2.97. The zero-order chi connectivity index (χ0) is 28.6. The molecule has 2 fully saturated rings. The standard InChI is InChI=1S/C29H36ClN7O4/c1-39-24-10-6-9-23(26(24)37-13-15-41-16-14-37)34-27-21(30)18-31-28(36-27)35-22-12-11-20(17-25(22)40-2)33-29(38)32-19-7-4-3-5-8-19/h6,9-12,17-19H,3-5,7-8,13-16H2,1-2H3,(H2,32,33,38)(H2,31,34,35,36). The summed E-state index contributed by atoms with van der Waals surface area (Å²) >= 11 is 6.51. The lowest BCUT2D eigenvalue weighted by Gasteiger charge is -2.31. The highest BCUT2D eigenvalue weighted by molar-refractivity contribution is 6.33. The molecule has 11 nitrogen and oxygen atoms in total. The van der Waals surface area contributed by atoms with Gasteiger partial charge in [0.1, 0.15) is 22.2 Å². The van der Waals surface area contributed by atoms with E-state index in [1.54, 1.807) is 32.4 Å². The Morgan fingerprint density at radius 3 is 2.54 bits per heavy atom. The number of nitrogens with zero attached hydrogens (tertiary/aromatic N) is 3. The zero-order valence-corrected chi connectivity index (χ0v) is 24.1. The predicted octanol–water partition coefficient (Wildman–Crippen LogP) is 5.93. The third-order valence-electron chi connectivity index (χ3n) is 7.19. The van der Waals surface area contributed by atoms with E-state index in [0.29, 0.717) is 47.1 Å². The number of aromatic nitrogens is 2. The number of hydrogen-bond donors (Lipinski definition) is 4. The highest BCUT2D eigenvalue weighted by atomic mass is 35.5. The third-order valence-corrected chi connectivity index (χ3v) is 7.47. The molecule has 12 heteroatoms. The van der Waals surface area contributed by atoms with Crippen LogP contribution in [0.1, 0.15) is 32.1 Å². The van der Waals surface area contributed by atoms with Crippen LogP contribution in [0.3, 0.4) is 0 Å². The number of halogens is 1. The van der Waals surface area contributed by atoms with Gasteiger partial charge in [-0.15, -0.1) is 0 Å². The SMILES string of the molecule is COc1cc(NC(=O)NC2CCCCC2)ccc1Nc1ncc(Cl)c(Nc2cccc(OC)c2N2CCOCC2)n1. The summed E-state index contributed by atoms with van der Waals surface area (Å²) in [4.78, 5) is 23.7. The first kappa shape index (κ1) is 28.6. The average Bonchev–Trinajstić information content (AvgIpc) is 3.00. The molecule has 2 heterocycles. The summed E-state index contributed by atoms with van der Waals surface area (Å²) in [5, 5.41) is 12.9. The van der Waals surface area contributed by atoms with Gasteiger partial charge >= 0.3 is 6.03 Å². The number of ether oxygens (including phenoxy) is 3. The molecule has 0 unspecified atom stereocenters. The van der Waals surface area contributed by atoms with Gasteiger partial charge in [-0.25, -0.2) is 9.78 Å². The lowest BCUT2D eigenvalue weighted by atomic mass is 9.96. The Hall–Kier alpha value is -3.96. The molecular weight excluding hydrogens is 546 g/mol. The van der Waals surface area contributed by atoms with Crippen molar-refractivity contribution in [2.45, 2.75) is 38.1 Å². The van der Waals surface area contributed by atoms with Crippen LogP contribution in [0.15, 0.2) is 42.6 Å². The molecule has 1 aromatic heterocycles. The maximum absolute atomic E-state index is 12.5. The first-order chi connectivity index (χ1) is 20.0. The van der Waals surface area contributed by atoms with Gasteiger partial charge < -0.3 is 40.4 Å². The number of rotatable bonds is 9. The molecule has 2 aromatic carbocycles. The number of benzene rings is 2. The number of para-hydroxylation sites is 1. The van der Waals surface area contributed by atoms with E-state index in [1.807, 2.05) is 18.2 Å². The largest absolute Gasteiger partial charge is 0.495 e. The van der Waals surface area contributed by atoms with E-state index >= 15 is 0 Å². The molecule has 0 spiro atoms. The molecule has 2 aliphatic rings. The van der Waals surface area contributed by atoms with Crippen molar-refractivity contribution in [3.05, 3.63) is 47.6 Å². The number of hydrogen-bond acceptors (Lipinski definition) is 9. The second-order valence-corrected chi connectivity index (χ2v) is 10.4. The first-order valence-corrected chi connectivity index (χ1v) is 14.2. The first-order valence-electron chi connectivity index (χ1n) is 13.9. The van der Waals surface area contributed by atoms with Crippen LogP contribution in [0.4, 0.5) is 39.3 Å². The van der Waals surface area contributed by atoms with Gasteiger partial charge in [-0.1, -0.05) is 36.9 Å². The molecule has 0 atom stereocenters. The van der Waals surface area contributed by atoms with Crippen LogP contribution in [0, 0.1) is 0 Å². The molecule has 0 radical (unpaired) electrons. The van der Waals surface area contributed by atoms with Crippen LogP contribution < -0.4 is 35.6 Å². The van der Waals surface area contributed by atoms with Crippen molar-refractivity contribution >= 4 is 52.1 Å². The van der Waals surface area contributed by atoms with Crippen LogP contribution in [0.2, 0.25) is 5.02 Å². The molecule has 0 bridgehead atoms. The highest BCUT2D eigenvalue weighted by Gasteiger charge is 2.21. The van der Waals surface area contributed by atoms with Crippen LogP contribution in [0.25, 0.3) is 0 Å². The Morgan fingerprint density at radius 1 is 1.00 bits per heavy atom. The molecule has 1 aliphatic heterocycles. The van der Waals surface area contributed by atoms with Crippen molar-refractivity contribution in [2.75, 3.05) is 61.4 Å². The summed E-state index contributed by atoms with van der Waals surface area (Å²) in [6.45, 7) is 2.76. The highest BCUT2D eigenvalue weighted by Crippen LogP contribution is 2.39. The van der Waals surface area contributed by atoms with Gasteiger partial charge in [0.05, 0.1) is 45.0 Å². The maximum atomic E-state index is 12.5. The van der Waals surface area contributed by atoms with Crippen LogP contribution in [-0.4, -0.2) is 62.6 Å². The Labute approximate surface area is 244 Å². The molecule has 4 N–H and O–H groups in total. The fraction of sp³-hybridized carbons (Fsp3) is 0.414. The van der Waals surface area contributed by atoms with Gasteiger partial charge in [-0.3, -0.25) is 0 Å². The van der Waals surface area contributed by atoms with Gasteiger partial charge in [0.15, 0.2) is 5.82 Å². The fourth-order valence-electron chi connectivity index (χ4n) is 5.14. The number of carbonyl (C=O) groups excluding carboxylic acids is 1. The Kier molecular flexibility index (Phi) is 9.48. The monoisotopic (exact) mass is 581 g/mol. The van der Waals surface area contributed by atoms with E-state index in [-0.39, 0.29) is 12.1 Å². The Morgan fingerprint density at radius 2 is 1.78 bits per heavy atom. The molecule has 1 saturated carbocycles. The quantitative estimate of drug-likeness (QED) is 0.244. The van der Waals surface area contributed by atoms with E-state index < -0.39 is 0 Å². The van der Waals surface area contributed by atoms with Crippen LogP contribution in [0.5, 0.6) is 11.5 Å². The van der Waals surface area contributed by atoms with E-state index in [4.69, 9.17) is 25.8 Å². The molecule has 2 amide bonds. The maximum Gasteiger partial charge on any atom is 0.319 e. The number of morpholine rings is 1. The van der Waals surface area contributed by atoms with E-state index in [2.05, 4.69) is 36.1 Å². The minimum Gasteiger partial charge on any atom is -0.495 e. The lowest BCUT2D eigenvalue weighted by Crippen LogP contribution is -2.39. The minimum absolute atomic E-state index is 0.217. The number of amides is 2. The topological polar surface area (TPSA) is 122 Å². The predicted molar refractivity (Wildman–Crippen MR) is 162 cm³/mol. The van der Waals surface area contributed by atoms with Crippen LogP contribution in [-0.2, 0) is 4.74 Å². The van der Waals surface area contributed by atoms with Crippen molar-refractivity contribution in [3.8, 4) is 11.5 Å². The normalized spacial score (nSPS) is 15.6. The third kappa shape index (κ3) is 7.22. The number of anilines is 6. The number of methoxy groups -OCH3 is 2. The average molecular weight is 582 g/mol. The van der Waals surface area contributed by atoms with Gasteiger partial charge in [-0.2, -0.15) is 4.98 Å². The van der Waals surface area contributed by atoms with E-state index in [1.165, 1.54) is 12.6 Å². The second-order valence-electron chi connectivity index (χ2n) is 9.94. The molecule has 3 aromatic rings. The summed E-state index contributed by atoms with van der Waals surface area (Å²) < 4.78 is 16.8. The molecular formula is C29H36ClN7O4. The van der Waals surface area contributed by atoms with Crippen molar-refractivity contribution in [3.63, 3.8) is 0 Å². The Balaban J connectivity index is 1.31. The van der Waals surface area contributed by atoms with Gasteiger partial charge in [0, 0.05) is 30.9 Å². The van der Waals surface area contributed by atoms with Crippen molar-refractivity contribution in [2.24, 2.45) is 0 Å². The molecule has 1 saturated heterocycles. The van der Waals surface area contributed by atoms with Crippen molar-refractivity contribution < 1.29 is 19.0 Å². The summed E-state index contributed by atoms with van der Waals surface area (Å²) in [6.07, 6.45) is 7.10. The van der Waals surface area contributed by atoms with E-state index in [0.717, 1.165) is 55.9 Å². The number of urea groups is 1. The van der Waals surface area contributed by atoms with Crippen molar-refractivity contribution in [1.29, 1.82) is 0 Å². The molecule has 41 heavy (non-hydrogen) atoms. The molecule has 218 valence electrons. The Bertz CT molecular complexity index is 1350. The lowest BCUT2D eigenvalue weighted by molar-refractivity contribution is 0.122. The molecule has 5 rings (SSSR count). The minimum atomic E-state index is -0.217. The van der Waals surface area contributed by atoms with E-state index in [9.17, 15) is 4.79 Å².